The first-order chi connectivity index (χ1) is 7.54. The second-order valence-electron chi connectivity index (χ2n) is 5.44. The Bertz CT molecular complexity index is 375. The van der Waals surface area contributed by atoms with Crippen LogP contribution in [-0.4, -0.2) is 10.7 Å². The lowest BCUT2D eigenvalue weighted by atomic mass is 9.91. The van der Waals surface area contributed by atoms with Crippen LogP contribution >= 0.6 is 0 Å². The fraction of sp³-hybridized carbons (Fsp3) is 0.600. The summed E-state index contributed by atoms with van der Waals surface area (Å²) in [5.41, 5.74) is 3.76. The summed E-state index contributed by atoms with van der Waals surface area (Å²) in [6.07, 6.45) is 3.86. The van der Waals surface area contributed by atoms with Gasteiger partial charge in [-0.15, -0.1) is 0 Å². The molecule has 0 amide bonds. The molecule has 0 saturated heterocycles. The minimum absolute atomic E-state index is 0.379. The van der Waals surface area contributed by atoms with Crippen molar-refractivity contribution in [3.8, 4) is 0 Å². The lowest BCUT2D eigenvalue weighted by molar-refractivity contribution is 0.150. The van der Waals surface area contributed by atoms with Crippen molar-refractivity contribution >= 4 is 0 Å². The van der Waals surface area contributed by atoms with E-state index in [1.54, 1.807) is 0 Å². The van der Waals surface area contributed by atoms with E-state index in [-0.39, 0.29) is 5.60 Å². The lowest BCUT2D eigenvalue weighted by Crippen LogP contribution is -2.13. The second-order valence-corrected chi connectivity index (χ2v) is 5.44. The summed E-state index contributed by atoms with van der Waals surface area (Å²) in [6.45, 7) is 6.63. The normalized spacial score (nSPS) is 17.8. The molecule has 2 rings (SSSR count). The van der Waals surface area contributed by atoms with Crippen molar-refractivity contribution in [2.45, 2.75) is 58.0 Å². The topological polar surface area (TPSA) is 20.2 Å². The molecule has 0 aromatic heterocycles. The minimum Gasteiger partial charge on any atom is -0.390 e. The molecule has 0 radical (unpaired) electrons. The van der Waals surface area contributed by atoms with Gasteiger partial charge in [0.2, 0.25) is 0 Å². The summed E-state index contributed by atoms with van der Waals surface area (Å²) in [5, 5.41) is 10.1. The molecule has 0 bridgehead atoms. The molecule has 1 saturated carbocycles. The van der Waals surface area contributed by atoms with Gasteiger partial charge in [0.25, 0.3) is 0 Å². The number of benzene rings is 1. The van der Waals surface area contributed by atoms with Crippen LogP contribution in [-0.2, 0) is 12.8 Å². The molecule has 1 fully saturated rings. The molecular formula is C15H22O. The van der Waals surface area contributed by atoms with E-state index < -0.39 is 0 Å². The molecule has 0 aliphatic heterocycles. The van der Waals surface area contributed by atoms with E-state index >= 15 is 0 Å². The third-order valence-electron chi connectivity index (χ3n) is 3.58. The molecule has 1 heteroatoms. The van der Waals surface area contributed by atoms with Gasteiger partial charge in [-0.25, -0.2) is 0 Å². The molecule has 1 aliphatic rings. The average molecular weight is 218 g/mol. The van der Waals surface area contributed by atoms with E-state index in [1.807, 2.05) is 0 Å². The summed E-state index contributed by atoms with van der Waals surface area (Å²) in [5.74, 6) is 0.545. The van der Waals surface area contributed by atoms with Crippen molar-refractivity contribution in [1.82, 2.24) is 0 Å². The average Bonchev–Trinajstić information content (AvgIpc) is 2.95. The van der Waals surface area contributed by atoms with Crippen molar-refractivity contribution in [2.75, 3.05) is 0 Å². The zero-order valence-corrected chi connectivity index (χ0v) is 10.6. The predicted molar refractivity (Wildman–Crippen MR) is 67.8 cm³/mol. The SMILES string of the molecule is CCc1ccc(C(C)C)c(CC2(O)CC2)c1. The monoisotopic (exact) mass is 218 g/mol. The van der Waals surface area contributed by atoms with Crippen LogP contribution in [0, 0.1) is 0 Å². The molecule has 1 aliphatic carbocycles. The largest absolute Gasteiger partial charge is 0.390 e. The molecule has 0 spiro atoms. The summed E-state index contributed by atoms with van der Waals surface area (Å²) in [7, 11) is 0. The Morgan fingerprint density at radius 3 is 2.50 bits per heavy atom. The van der Waals surface area contributed by atoms with Crippen LogP contribution in [0.5, 0.6) is 0 Å². The Balaban J connectivity index is 2.30. The molecule has 1 aromatic carbocycles. The van der Waals surface area contributed by atoms with Gasteiger partial charge >= 0.3 is 0 Å². The second kappa shape index (κ2) is 4.21. The molecule has 1 N–H and O–H groups in total. The fourth-order valence-corrected chi connectivity index (χ4v) is 2.27. The molecule has 1 nitrogen and oxygen atoms in total. The number of hydrogen-bond donors (Lipinski definition) is 1. The Hall–Kier alpha value is -0.820. The maximum Gasteiger partial charge on any atom is 0.0690 e. The first-order valence-corrected chi connectivity index (χ1v) is 6.38. The maximum atomic E-state index is 10.1. The fourth-order valence-electron chi connectivity index (χ4n) is 2.27. The summed E-state index contributed by atoms with van der Waals surface area (Å²) in [6, 6.07) is 6.74. The van der Waals surface area contributed by atoms with Crippen molar-refractivity contribution in [1.29, 1.82) is 0 Å². The van der Waals surface area contributed by atoms with Crippen LogP contribution in [0.15, 0.2) is 18.2 Å². The van der Waals surface area contributed by atoms with Crippen molar-refractivity contribution < 1.29 is 5.11 Å². The quantitative estimate of drug-likeness (QED) is 0.820. The molecule has 0 unspecified atom stereocenters. The minimum atomic E-state index is -0.379. The summed E-state index contributed by atoms with van der Waals surface area (Å²) < 4.78 is 0. The standard InChI is InChI=1S/C15H22O/c1-4-12-5-6-14(11(2)3)13(9-12)10-15(16)7-8-15/h5-6,9,11,16H,4,7-8,10H2,1-3H3. The number of aryl methyl sites for hydroxylation is 1. The Kier molecular flexibility index (Phi) is 3.07. The van der Waals surface area contributed by atoms with Crippen molar-refractivity contribution in [2.24, 2.45) is 0 Å². The molecule has 88 valence electrons. The Morgan fingerprint density at radius 1 is 1.31 bits per heavy atom. The van der Waals surface area contributed by atoms with Crippen molar-refractivity contribution in [3.05, 3.63) is 34.9 Å². The number of aliphatic hydroxyl groups is 1. The third kappa shape index (κ3) is 2.46. The van der Waals surface area contributed by atoms with E-state index in [9.17, 15) is 5.11 Å². The van der Waals surface area contributed by atoms with Gasteiger partial charge in [-0.3, -0.25) is 0 Å². The molecule has 0 atom stereocenters. The van der Waals surface area contributed by atoms with Crippen LogP contribution < -0.4 is 0 Å². The van der Waals surface area contributed by atoms with E-state index in [2.05, 4.69) is 39.0 Å². The molecule has 16 heavy (non-hydrogen) atoms. The smallest absolute Gasteiger partial charge is 0.0690 e. The van der Waals surface area contributed by atoms with Gasteiger partial charge in [0.15, 0.2) is 0 Å². The number of hydrogen-bond acceptors (Lipinski definition) is 1. The zero-order valence-electron chi connectivity index (χ0n) is 10.6. The van der Waals surface area contributed by atoms with E-state index in [0.29, 0.717) is 5.92 Å². The van der Waals surface area contributed by atoms with Gasteiger partial charge in [0, 0.05) is 6.42 Å². The van der Waals surface area contributed by atoms with Gasteiger partial charge < -0.3 is 5.11 Å². The van der Waals surface area contributed by atoms with Crippen LogP contribution in [0.25, 0.3) is 0 Å². The highest BCUT2D eigenvalue weighted by Gasteiger charge is 2.40. The molecular weight excluding hydrogens is 196 g/mol. The van der Waals surface area contributed by atoms with Gasteiger partial charge in [0.05, 0.1) is 5.60 Å². The van der Waals surface area contributed by atoms with Crippen LogP contribution in [0.4, 0.5) is 0 Å². The van der Waals surface area contributed by atoms with Gasteiger partial charge in [-0.1, -0.05) is 39.0 Å². The highest BCUT2D eigenvalue weighted by molar-refractivity contribution is 5.36. The zero-order chi connectivity index (χ0) is 11.8. The van der Waals surface area contributed by atoms with Crippen LogP contribution in [0.2, 0.25) is 0 Å². The van der Waals surface area contributed by atoms with E-state index in [4.69, 9.17) is 0 Å². The maximum absolute atomic E-state index is 10.1. The molecule has 0 heterocycles. The van der Waals surface area contributed by atoms with Gasteiger partial charge in [0.1, 0.15) is 0 Å². The summed E-state index contributed by atoms with van der Waals surface area (Å²) in [4.78, 5) is 0. The first kappa shape index (κ1) is 11.7. The van der Waals surface area contributed by atoms with Crippen LogP contribution in [0.1, 0.15) is 56.2 Å². The van der Waals surface area contributed by atoms with Gasteiger partial charge in [-0.2, -0.15) is 0 Å². The highest BCUT2D eigenvalue weighted by Crippen LogP contribution is 2.39. The third-order valence-corrected chi connectivity index (χ3v) is 3.58. The Labute approximate surface area is 98.5 Å². The van der Waals surface area contributed by atoms with Crippen molar-refractivity contribution in [3.63, 3.8) is 0 Å². The van der Waals surface area contributed by atoms with E-state index in [0.717, 1.165) is 25.7 Å². The summed E-state index contributed by atoms with van der Waals surface area (Å²) >= 11 is 0. The lowest BCUT2D eigenvalue weighted by Gasteiger charge is -2.16. The first-order valence-electron chi connectivity index (χ1n) is 6.38. The Morgan fingerprint density at radius 2 is 2.00 bits per heavy atom. The van der Waals surface area contributed by atoms with E-state index in [1.165, 1.54) is 16.7 Å². The number of rotatable bonds is 4. The highest BCUT2D eigenvalue weighted by atomic mass is 16.3. The van der Waals surface area contributed by atoms with Gasteiger partial charge in [-0.05, 0) is 41.9 Å². The van der Waals surface area contributed by atoms with Crippen LogP contribution in [0.3, 0.4) is 0 Å². The predicted octanol–water partition coefficient (Wildman–Crippen LogP) is 3.44. The molecule has 1 aromatic rings.